The molecule has 4 heterocycles. The van der Waals surface area contributed by atoms with Gasteiger partial charge in [-0.25, -0.2) is 9.97 Å². The molecule has 27 heavy (non-hydrogen) atoms. The first kappa shape index (κ1) is 16.4. The Balaban J connectivity index is 1.51. The molecule has 136 valence electrons. The number of pyridine rings is 1. The molecule has 2 aliphatic rings. The lowest BCUT2D eigenvalue weighted by atomic mass is 10.0. The maximum Gasteiger partial charge on any atom is 0.163 e. The zero-order valence-electron chi connectivity index (χ0n) is 15.1. The van der Waals surface area contributed by atoms with Gasteiger partial charge >= 0.3 is 0 Å². The summed E-state index contributed by atoms with van der Waals surface area (Å²) in [6, 6.07) is 14.9. The molecule has 6 nitrogen and oxygen atoms in total. The number of rotatable bonds is 3. The van der Waals surface area contributed by atoms with E-state index in [4.69, 9.17) is 9.97 Å². The quantitative estimate of drug-likeness (QED) is 0.749. The topological polar surface area (TPSA) is 66.0 Å². The second-order valence-corrected chi connectivity index (χ2v) is 7.00. The highest BCUT2D eigenvalue weighted by Gasteiger charge is 2.27. The predicted molar refractivity (Wildman–Crippen MR) is 105 cm³/mol. The minimum atomic E-state index is 0.307. The summed E-state index contributed by atoms with van der Waals surface area (Å²) in [6.07, 6.45) is 3.61. The van der Waals surface area contributed by atoms with Gasteiger partial charge in [-0.3, -0.25) is 4.98 Å². The normalized spacial score (nSPS) is 19.1. The molecule has 5 rings (SSSR count). The zero-order chi connectivity index (χ0) is 18.1. The van der Waals surface area contributed by atoms with Crippen LogP contribution in [0.15, 0.2) is 54.9 Å². The van der Waals surface area contributed by atoms with Crippen LogP contribution in [0.5, 0.6) is 0 Å². The molecule has 1 saturated heterocycles. The van der Waals surface area contributed by atoms with Gasteiger partial charge in [-0.1, -0.05) is 30.3 Å². The third kappa shape index (κ3) is 3.18. The predicted octanol–water partition coefficient (Wildman–Crippen LogP) is 2.29. The van der Waals surface area contributed by atoms with E-state index in [0.717, 1.165) is 55.6 Å². The van der Waals surface area contributed by atoms with E-state index in [-0.39, 0.29) is 0 Å². The highest BCUT2D eigenvalue weighted by Crippen LogP contribution is 2.30. The minimum absolute atomic E-state index is 0.307. The molecule has 2 N–H and O–H groups in total. The standard InChI is InChI=1S/C21H22N6/c1-2-5-15(6-3-1)19-14-27(10-9-24-19)21-17-12-23-13-18(17)25-20(26-21)16-7-4-8-22-11-16/h1-8,11,19,23-24H,9-10,12-14H2/t19-/m1/s1. The summed E-state index contributed by atoms with van der Waals surface area (Å²) in [5.41, 5.74) is 4.62. The Morgan fingerprint density at radius 2 is 1.93 bits per heavy atom. The second kappa shape index (κ2) is 7.06. The van der Waals surface area contributed by atoms with Crippen molar-refractivity contribution in [3.05, 3.63) is 71.7 Å². The fourth-order valence-electron chi connectivity index (χ4n) is 3.89. The lowest BCUT2D eigenvalue weighted by Gasteiger charge is -2.35. The third-order valence-electron chi connectivity index (χ3n) is 5.26. The van der Waals surface area contributed by atoms with Crippen LogP contribution in [0, 0.1) is 0 Å². The van der Waals surface area contributed by atoms with Crippen molar-refractivity contribution in [3.63, 3.8) is 0 Å². The van der Waals surface area contributed by atoms with Crippen molar-refractivity contribution in [1.82, 2.24) is 25.6 Å². The van der Waals surface area contributed by atoms with Crippen molar-refractivity contribution in [2.75, 3.05) is 24.5 Å². The Morgan fingerprint density at radius 3 is 2.78 bits per heavy atom. The molecule has 1 atom stereocenters. The maximum absolute atomic E-state index is 4.97. The van der Waals surface area contributed by atoms with Gasteiger partial charge in [-0.05, 0) is 17.7 Å². The molecule has 0 radical (unpaired) electrons. The molecule has 2 aliphatic heterocycles. The molecule has 1 fully saturated rings. The van der Waals surface area contributed by atoms with E-state index < -0.39 is 0 Å². The SMILES string of the molecule is c1ccc([C@H]2CN(c3nc(-c4cccnc4)nc4c3CNC4)CCN2)cc1. The molecule has 1 aromatic carbocycles. The first-order valence-corrected chi connectivity index (χ1v) is 9.42. The number of benzene rings is 1. The molecule has 0 bridgehead atoms. The Bertz CT molecular complexity index is 928. The van der Waals surface area contributed by atoms with E-state index >= 15 is 0 Å². The average Bonchev–Trinajstić information content (AvgIpc) is 3.23. The van der Waals surface area contributed by atoms with Crippen LogP contribution in [-0.2, 0) is 13.1 Å². The van der Waals surface area contributed by atoms with E-state index in [1.54, 1.807) is 6.20 Å². The number of nitrogens with zero attached hydrogens (tertiary/aromatic N) is 4. The van der Waals surface area contributed by atoms with E-state index in [2.05, 4.69) is 50.8 Å². The second-order valence-electron chi connectivity index (χ2n) is 7.00. The van der Waals surface area contributed by atoms with Crippen LogP contribution in [0.25, 0.3) is 11.4 Å². The molecule has 3 aromatic rings. The van der Waals surface area contributed by atoms with Gasteiger partial charge in [0.1, 0.15) is 5.82 Å². The van der Waals surface area contributed by atoms with Crippen LogP contribution < -0.4 is 15.5 Å². The van der Waals surface area contributed by atoms with E-state index in [9.17, 15) is 0 Å². The number of hydrogen-bond acceptors (Lipinski definition) is 6. The summed E-state index contributed by atoms with van der Waals surface area (Å²) in [7, 11) is 0. The maximum atomic E-state index is 4.97. The molecule has 0 aliphatic carbocycles. The van der Waals surface area contributed by atoms with Gasteiger partial charge in [0.15, 0.2) is 5.82 Å². The largest absolute Gasteiger partial charge is 0.353 e. The van der Waals surface area contributed by atoms with Gasteiger partial charge in [0.25, 0.3) is 0 Å². The number of anilines is 1. The Kier molecular flexibility index (Phi) is 4.27. The number of piperazine rings is 1. The van der Waals surface area contributed by atoms with Crippen LogP contribution >= 0.6 is 0 Å². The van der Waals surface area contributed by atoms with Gasteiger partial charge in [-0.15, -0.1) is 0 Å². The highest BCUT2D eigenvalue weighted by atomic mass is 15.3. The van der Waals surface area contributed by atoms with Crippen molar-refractivity contribution >= 4 is 5.82 Å². The molecular formula is C21H22N6. The molecule has 0 amide bonds. The molecule has 0 unspecified atom stereocenters. The van der Waals surface area contributed by atoms with Crippen LogP contribution in [0.2, 0.25) is 0 Å². The first-order valence-electron chi connectivity index (χ1n) is 9.42. The summed E-state index contributed by atoms with van der Waals surface area (Å²) in [6.45, 7) is 4.41. The van der Waals surface area contributed by atoms with Gasteiger partial charge in [0, 0.05) is 62.3 Å². The summed E-state index contributed by atoms with van der Waals surface area (Å²) < 4.78 is 0. The summed E-state index contributed by atoms with van der Waals surface area (Å²) in [5, 5.41) is 7.07. The molecule has 0 saturated carbocycles. The van der Waals surface area contributed by atoms with Gasteiger partial charge in [0.05, 0.1) is 5.69 Å². The fraction of sp³-hybridized carbons (Fsp3) is 0.286. The fourth-order valence-corrected chi connectivity index (χ4v) is 3.89. The summed E-state index contributed by atoms with van der Waals surface area (Å²) >= 11 is 0. The van der Waals surface area contributed by atoms with Crippen molar-refractivity contribution < 1.29 is 0 Å². The van der Waals surface area contributed by atoms with E-state index in [1.165, 1.54) is 11.1 Å². The Hall–Kier alpha value is -2.83. The minimum Gasteiger partial charge on any atom is -0.353 e. The van der Waals surface area contributed by atoms with Gasteiger partial charge in [0.2, 0.25) is 0 Å². The van der Waals surface area contributed by atoms with Crippen LogP contribution in [0.4, 0.5) is 5.82 Å². The van der Waals surface area contributed by atoms with Crippen molar-refractivity contribution in [1.29, 1.82) is 0 Å². The summed E-state index contributed by atoms with van der Waals surface area (Å²) in [4.78, 5) is 16.4. The number of fused-ring (bicyclic) bond motifs is 1. The third-order valence-corrected chi connectivity index (χ3v) is 5.26. The zero-order valence-corrected chi connectivity index (χ0v) is 15.1. The van der Waals surface area contributed by atoms with Gasteiger partial charge in [-0.2, -0.15) is 0 Å². The van der Waals surface area contributed by atoms with Crippen molar-refractivity contribution in [3.8, 4) is 11.4 Å². The van der Waals surface area contributed by atoms with Gasteiger partial charge < -0.3 is 15.5 Å². The lowest BCUT2D eigenvalue weighted by Crippen LogP contribution is -2.46. The van der Waals surface area contributed by atoms with Crippen molar-refractivity contribution in [2.45, 2.75) is 19.1 Å². The van der Waals surface area contributed by atoms with Crippen molar-refractivity contribution in [2.24, 2.45) is 0 Å². The van der Waals surface area contributed by atoms with E-state index in [0.29, 0.717) is 6.04 Å². The van der Waals surface area contributed by atoms with Crippen LogP contribution in [-0.4, -0.2) is 34.6 Å². The average molecular weight is 358 g/mol. The molecule has 6 heteroatoms. The summed E-state index contributed by atoms with van der Waals surface area (Å²) in [5.74, 6) is 1.82. The molecular weight excluding hydrogens is 336 g/mol. The monoisotopic (exact) mass is 358 g/mol. The smallest absolute Gasteiger partial charge is 0.163 e. The number of hydrogen-bond donors (Lipinski definition) is 2. The van der Waals surface area contributed by atoms with Crippen LogP contribution in [0.3, 0.4) is 0 Å². The number of nitrogens with one attached hydrogen (secondary N) is 2. The highest BCUT2D eigenvalue weighted by molar-refractivity contribution is 5.61. The Labute approximate surface area is 158 Å². The molecule has 0 spiro atoms. The number of aromatic nitrogens is 3. The Morgan fingerprint density at radius 1 is 1.00 bits per heavy atom. The van der Waals surface area contributed by atoms with Crippen LogP contribution in [0.1, 0.15) is 22.9 Å². The lowest BCUT2D eigenvalue weighted by molar-refractivity contribution is 0.468. The molecule has 2 aromatic heterocycles. The first-order chi connectivity index (χ1) is 13.4. The van der Waals surface area contributed by atoms with E-state index in [1.807, 2.05) is 18.3 Å².